The third kappa shape index (κ3) is 2.73. The largest absolute Gasteiger partial charge is 0.372 e. The monoisotopic (exact) mass is 198 g/mol. The molecule has 84 valence electrons. The van der Waals surface area contributed by atoms with Gasteiger partial charge in [-0.2, -0.15) is 0 Å². The Kier molecular flexibility index (Phi) is 3.30. The summed E-state index contributed by atoms with van der Waals surface area (Å²) in [6.45, 7) is 13.7. The molecule has 0 amide bonds. The Bertz CT molecular complexity index is 188. The maximum Gasteiger partial charge on any atom is 0.0630 e. The van der Waals surface area contributed by atoms with Crippen LogP contribution in [0.4, 0.5) is 0 Å². The summed E-state index contributed by atoms with van der Waals surface area (Å²) in [7, 11) is 0. The van der Waals surface area contributed by atoms with E-state index in [1.54, 1.807) is 0 Å². The van der Waals surface area contributed by atoms with Gasteiger partial charge in [-0.05, 0) is 44.4 Å². The minimum atomic E-state index is 0.0996. The van der Waals surface area contributed by atoms with E-state index in [0.29, 0.717) is 11.5 Å². The van der Waals surface area contributed by atoms with Crippen LogP contribution in [0.1, 0.15) is 60.8 Å². The van der Waals surface area contributed by atoms with Crippen molar-refractivity contribution in [3.05, 3.63) is 0 Å². The molecule has 0 aromatic heterocycles. The van der Waals surface area contributed by atoms with E-state index in [-0.39, 0.29) is 5.60 Å². The third-order valence-electron chi connectivity index (χ3n) is 3.49. The zero-order valence-corrected chi connectivity index (χ0v) is 10.7. The zero-order valence-electron chi connectivity index (χ0n) is 10.7. The molecule has 1 aliphatic heterocycles. The van der Waals surface area contributed by atoms with Gasteiger partial charge in [0.25, 0.3) is 0 Å². The fourth-order valence-electron chi connectivity index (χ4n) is 2.60. The van der Waals surface area contributed by atoms with E-state index in [1.165, 1.54) is 12.8 Å². The van der Waals surface area contributed by atoms with Crippen molar-refractivity contribution in [2.75, 3.05) is 0 Å². The molecule has 0 bridgehead atoms. The topological polar surface area (TPSA) is 9.23 Å². The van der Waals surface area contributed by atoms with Gasteiger partial charge in [-0.1, -0.05) is 27.7 Å². The lowest BCUT2D eigenvalue weighted by Crippen LogP contribution is -2.45. The Balaban J connectivity index is 2.72. The summed E-state index contributed by atoms with van der Waals surface area (Å²) in [5.74, 6) is 0.723. The molecule has 1 nitrogen and oxygen atoms in total. The second-order valence-corrected chi connectivity index (χ2v) is 6.34. The van der Waals surface area contributed by atoms with Gasteiger partial charge in [0.05, 0.1) is 11.7 Å². The molecular weight excluding hydrogens is 172 g/mol. The van der Waals surface area contributed by atoms with Crippen molar-refractivity contribution in [1.82, 2.24) is 0 Å². The Hall–Kier alpha value is -0.0400. The Morgan fingerprint density at radius 3 is 2.29 bits per heavy atom. The quantitative estimate of drug-likeness (QED) is 0.618. The predicted octanol–water partition coefficient (Wildman–Crippen LogP) is 4.02. The first-order chi connectivity index (χ1) is 6.26. The summed E-state index contributed by atoms with van der Waals surface area (Å²) in [6, 6.07) is 0. The van der Waals surface area contributed by atoms with Crippen molar-refractivity contribution in [1.29, 1.82) is 0 Å². The van der Waals surface area contributed by atoms with Gasteiger partial charge in [-0.15, -0.1) is 0 Å². The van der Waals surface area contributed by atoms with E-state index >= 15 is 0 Å². The lowest BCUT2D eigenvalue weighted by Gasteiger charge is -2.46. The molecule has 0 saturated carbocycles. The van der Waals surface area contributed by atoms with Gasteiger partial charge in [0.2, 0.25) is 0 Å². The minimum Gasteiger partial charge on any atom is -0.372 e. The first kappa shape index (κ1) is 12.0. The maximum absolute atomic E-state index is 6.16. The maximum atomic E-state index is 6.16. The van der Waals surface area contributed by atoms with Gasteiger partial charge in [0.15, 0.2) is 0 Å². The van der Waals surface area contributed by atoms with Crippen molar-refractivity contribution >= 4 is 0 Å². The van der Waals surface area contributed by atoms with Gasteiger partial charge < -0.3 is 4.74 Å². The fourth-order valence-corrected chi connectivity index (χ4v) is 2.60. The summed E-state index contributed by atoms with van der Waals surface area (Å²) in [5.41, 5.74) is 0.486. The normalized spacial score (nSPS) is 33.0. The van der Waals surface area contributed by atoms with Crippen LogP contribution in [0.25, 0.3) is 0 Å². The Morgan fingerprint density at radius 1 is 1.29 bits per heavy atom. The average Bonchev–Trinajstić information content (AvgIpc) is 2.00. The number of hydrogen-bond acceptors (Lipinski definition) is 1. The van der Waals surface area contributed by atoms with Crippen LogP contribution in [0.2, 0.25) is 0 Å². The number of ether oxygens (including phenoxy) is 1. The van der Waals surface area contributed by atoms with Gasteiger partial charge >= 0.3 is 0 Å². The van der Waals surface area contributed by atoms with Crippen LogP contribution >= 0.6 is 0 Å². The van der Waals surface area contributed by atoms with Crippen LogP contribution in [-0.4, -0.2) is 11.7 Å². The smallest absolute Gasteiger partial charge is 0.0630 e. The lowest BCUT2D eigenvalue weighted by atomic mass is 9.71. The summed E-state index contributed by atoms with van der Waals surface area (Å²) in [5, 5.41) is 0. The van der Waals surface area contributed by atoms with Crippen molar-refractivity contribution in [2.24, 2.45) is 11.3 Å². The SMILES string of the molecule is CCC1OC(C)(C)CCC1C(C)(C)C. The van der Waals surface area contributed by atoms with Crippen LogP contribution in [0.5, 0.6) is 0 Å². The van der Waals surface area contributed by atoms with E-state index in [0.717, 1.165) is 12.3 Å². The van der Waals surface area contributed by atoms with E-state index < -0.39 is 0 Å². The van der Waals surface area contributed by atoms with Crippen LogP contribution in [0.15, 0.2) is 0 Å². The van der Waals surface area contributed by atoms with Crippen LogP contribution in [0, 0.1) is 11.3 Å². The van der Waals surface area contributed by atoms with Crippen molar-refractivity contribution in [2.45, 2.75) is 72.5 Å². The molecule has 0 N–H and O–H groups in total. The molecule has 0 spiro atoms. The van der Waals surface area contributed by atoms with E-state index in [4.69, 9.17) is 4.74 Å². The first-order valence-electron chi connectivity index (χ1n) is 5.94. The Labute approximate surface area is 89.2 Å². The van der Waals surface area contributed by atoms with Crippen molar-refractivity contribution in [3.8, 4) is 0 Å². The van der Waals surface area contributed by atoms with E-state index in [2.05, 4.69) is 41.5 Å². The molecule has 1 saturated heterocycles. The van der Waals surface area contributed by atoms with Gasteiger partial charge in [-0.25, -0.2) is 0 Å². The molecule has 1 rings (SSSR count). The molecule has 0 aliphatic carbocycles. The van der Waals surface area contributed by atoms with Gasteiger partial charge in [0.1, 0.15) is 0 Å². The molecule has 1 heterocycles. The molecule has 2 unspecified atom stereocenters. The molecule has 2 atom stereocenters. The highest BCUT2D eigenvalue weighted by molar-refractivity contribution is 4.88. The fraction of sp³-hybridized carbons (Fsp3) is 1.00. The van der Waals surface area contributed by atoms with Crippen LogP contribution in [0.3, 0.4) is 0 Å². The molecule has 1 heteroatoms. The summed E-state index contributed by atoms with van der Waals surface area (Å²) >= 11 is 0. The summed E-state index contributed by atoms with van der Waals surface area (Å²) in [6.07, 6.45) is 4.12. The second-order valence-electron chi connectivity index (χ2n) is 6.34. The average molecular weight is 198 g/mol. The second kappa shape index (κ2) is 3.84. The van der Waals surface area contributed by atoms with E-state index in [1.807, 2.05) is 0 Å². The highest BCUT2D eigenvalue weighted by atomic mass is 16.5. The predicted molar refractivity (Wildman–Crippen MR) is 61.4 cm³/mol. The van der Waals surface area contributed by atoms with Crippen LogP contribution < -0.4 is 0 Å². The molecule has 14 heavy (non-hydrogen) atoms. The number of rotatable bonds is 1. The molecular formula is C13H26O. The van der Waals surface area contributed by atoms with E-state index in [9.17, 15) is 0 Å². The molecule has 1 aliphatic rings. The van der Waals surface area contributed by atoms with Gasteiger partial charge in [-0.3, -0.25) is 0 Å². The van der Waals surface area contributed by atoms with Crippen LogP contribution in [-0.2, 0) is 4.74 Å². The highest BCUT2D eigenvalue weighted by Crippen LogP contribution is 2.42. The standard InChI is InChI=1S/C13H26O/c1-7-11-10(12(2,3)4)8-9-13(5,6)14-11/h10-11H,7-9H2,1-6H3. The summed E-state index contributed by atoms with van der Waals surface area (Å²) < 4.78 is 6.16. The van der Waals surface area contributed by atoms with Crippen molar-refractivity contribution < 1.29 is 4.74 Å². The molecule has 0 radical (unpaired) electrons. The molecule has 0 aromatic carbocycles. The number of hydrogen-bond donors (Lipinski definition) is 0. The zero-order chi connectivity index (χ0) is 11.0. The first-order valence-corrected chi connectivity index (χ1v) is 5.94. The summed E-state index contributed by atoms with van der Waals surface area (Å²) in [4.78, 5) is 0. The van der Waals surface area contributed by atoms with Crippen molar-refractivity contribution in [3.63, 3.8) is 0 Å². The molecule has 0 aromatic rings. The minimum absolute atomic E-state index is 0.0996. The lowest BCUT2D eigenvalue weighted by molar-refractivity contribution is -0.155. The van der Waals surface area contributed by atoms with Gasteiger partial charge in [0, 0.05) is 0 Å². The highest BCUT2D eigenvalue weighted by Gasteiger charge is 2.39. The molecule has 1 fully saturated rings. The Morgan fingerprint density at radius 2 is 1.86 bits per heavy atom. The third-order valence-corrected chi connectivity index (χ3v) is 3.49.